The van der Waals surface area contributed by atoms with E-state index in [1.807, 2.05) is 55.5 Å². The van der Waals surface area contributed by atoms with Crippen LogP contribution in [0.1, 0.15) is 12.5 Å². The lowest BCUT2D eigenvalue weighted by Crippen LogP contribution is -2.22. The van der Waals surface area contributed by atoms with E-state index in [-0.39, 0.29) is 17.8 Å². The van der Waals surface area contributed by atoms with Gasteiger partial charge in [0, 0.05) is 10.6 Å². The summed E-state index contributed by atoms with van der Waals surface area (Å²) in [7, 11) is 0. The topological polar surface area (TPSA) is 49.3 Å². The van der Waals surface area contributed by atoms with Crippen LogP contribution < -0.4 is 5.32 Å². The first-order valence-corrected chi connectivity index (χ1v) is 7.29. The standard InChI is InChI=1S/C16H17NO2S/c1-12(20-15-8-3-2-4-9-15)16(19)17-14-7-5-6-13(10-14)11-18/h2-10,12,18H,11H2,1H3,(H,17,19). The summed E-state index contributed by atoms with van der Waals surface area (Å²) < 4.78 is 0. The van der Waals surface area contributed by atoms with E-state index >= 15 is 0 Å². The van der Waals surface area contributed by atoms with Crippen LogP contribution in [0.25, 0.3) is 0 Å². The van der Waals surface area contributed by atoms with Crippen molar-refractivity contribution in [1.29, 1.82) is 0 Å². The molecule has 1 unspecified atom stereocenters. The smallest absolute Gasteiger partial charge is 0.237 e. The third-order valence-corrected chi connectivity index (χ3v) is 3.91. The molecule has 0 bridgehead atoms. The van der Waals surface area contributed by atoms with Crippen molar-refractivity contribution in [3.63, 3.8) is 0 Å². The van der Waals surface area contributed by atoms with Crippen molar-refractivity contribution < 1.29 is 9.90 Å². The minimum atomic E-state index is -0.185. The summed E-state index contributed by atoms with van der Waals surface area (Å²) in [6.07, 6.45) is 0. The highest BCUT2D eigenvalue weighted by Gasteiger charge is 2.14. The quantitative estimate of drug-likeness (QED) is 0.830. The van der Waals surface area contributed by atoms with Gasteiger partial charge in [-0.05, 0) is 36.8 Å². The molecule has 0 aromatic heterocycles. The van der Waals surface area contributed by atoms with Gasteiger partial charge in [0.05, 0.1) is 11.9 Å². The maximum Gasteiger partial charge on any atom is 0.237 e. The van der Waals surface area contributed by atoms with Crippen molar-refractivity contribution >= 4 is 23.4 Å². The third-order valence-electron chi connectivity index (χ3n) is 2.80. The molecular weight excluding hydrogens is 270 g/mol. The van der Waals surface area contributed by atoms with Gasteiger partial charge in [-0.3, -0.25) is 4.79 Å². The van der Waals surface area contributed by atoms with Gasteiger partial charge in [-0.25, -0.2) is 0 Å². The number of carbonyl (C=O) groups excluding carboxylic acids is 1. The van der Waals surface area contributed by atoms with Crippen molar-refractivity contribution in [1.82, 2.24) is 0 Å². The lowest BCUT2D eigenvalue weighted by Gasteiger charge is -2.12. The van der Waals surface area contributed by atoms with E-state index in [2.05, 4.69) is 5.32 Å². The first kappa shape index (κ1) is 14.6. The van der Waals surface area contributed by atoms with Crippen molar-refractivity contribution in [2.45, 2.75) is 23.7 Å². The molecule has 0 heterocycles. The molecule has 0 spiro atoms. The van der Waals surface area contributed by atoms with Crippen LogP contribution in [0, 0.1) is 0 Å². The monoisotopic (exact) mass is 287 g/mol. The van der Waals surface area contributed by atoms with Crippen LogP contribution >= 0.6 is 11.8 Å². The number of anilines is 1. The number of hydrogen-bond acceptors (Lipinski definition) is 3. The zero-order chi connectivity index (χ0) is 14.4. The van der Waals surface area contributed by atoms with E-state index in [1.54, 1.807) is 6.07 Å². The largest absolute Gasteiger partial charge is 0.392 e. The number of benzene rings is 2. The maximum absolute atomic E-state index is 12.1. The van der Waals surface area contributed by atoms with Crippen molar-refractivity contribution in [2.75, 3.05) is 5.32 Å². The number of carbonyl (C=O) groups is 1. The lowest BCUT2D eigenvalue weighted by molar-refractivity contribution is -0.115. The summed E-state index contributed by atoms with van der Waals surface area (Å²) in [5.41, 5.74) is 1.49. The second-order valence-electron chi connectivity index (χ2n) is 4.42. The molecule has 20 heavy (non-hydrogen) atoms. The van der Waals surface area contributed by atoms with Crippen LogP contribution in [-0.2, 0) is 11.4 Å². The van der Waals surface area contributed by atoms with Gasteiger partial charge < -0.3 is 10.4 Å². The SMILES string of the molecule is CC(Sc1ccccc1)C(=O)Nc1cccc(CO)c1. The number of thioether (sulfide) groups is 1. The highest BCUT2D eigenvalue weighted by Crippen LogP contribution is 2.23. The van der Waals surface area contributed by atoms with E-state index in [0.717, 1.165) is 10.5 Å². The van der Waals surface area contributed by atoms with Gasteiger partial charge in [-0.1, -0.05) is 30.3 Å². The molecule has 1 atom stereocenters. The Hall–Kier alpha value is -1.78. The zero-order valence-corrected chi connectivity index (χ0v) is 12.1. The number of aliphatic hydroxyl groups is 1. The van der Waals surface area contributed by atoms with E-state index in [4.69, 9.17) is 5.11 Å². The van der Waals surface area contributed by atoms with E-state index in [9.17, 15) is 4.79 Å². The Morgan fingerprint density at radius 1 is 1.20 bits per heavy atom. The molecule has 0 saturated carbocycles. The summed E-state index contributed by atoms with van der Waals surface area (Å²) in [4.78, 5) is 13.2. The molecule has 4 heteroatoms. The fraction of sp³-hybridized carbons (Fsp3) is 0.188. The van der Waals surface area contributed by atoms with Gasteiger partial charge in [0.2, 0.25) is 5.91 Å². The molecule has 3 nitrogen and oxygen atoms in total. The molecule has 0 aliphatic carbocycles. The van der Waals surface area contributed by atoms with Crippen LogP contribution in [0.2, 0.25) is 0 Å². The van der Waals surface area contributed by atoms with Crippen LogP contribution in [-0.4, -0.2) is 16.3 Å². The molecule has 0 aliphatic heterocycles. The number of hydrogen-bond donors (Lipinski definition) is 2. The van der Waals surface area contributed by atoms with E-state index in [1.165, 1.54) is 11.8 Å². The highest BCUT2D eigenvalue weighted by atomic mass is 32.2. The summed E-state index contributed by atoms with van der Waals surface area (Å²) >= 11 is 1.52. The van der Waals surface area contributed by atoms with Gasteiger partial charge in [0.1, 0.15) is 0 Å². The molecule has 1 amide bonds. The van der Waals surface area contributed by atoms with Crippen LogP contribution in [0.5, 0.6) is 0 Å². The van der Waals surface area contributed by atoms with Crippen LogP contribution in [0.4, 0.5) is 5.69 Å². The molecular formula is C16H17NO2S. The van der Waals surface area contributed by atoms with Gasteiger partial charge in [0.15, 0.2) is 0 Å². The Labute approximate surface area is 123 Å². The summed E-state index contributed by atoms with van der Waals surface area (Å²) in [6.45, 7) is 1.85. The lowest BCUT2D eigenvalue weighted by atomic mass is 10.2. The van der Waals surface area contributed by atoms with Crippen molar-refractivity contribution in [3.05, 3.63) is 60.2 Å². The van der Waals surface area contributed by atoms with Crippen LogP contribution in [0.3, 0.4) is 0 Å². The molecule has 0 saturated heterocycles. The number of rotatable bonds is 5. The fourth-order valence-electron chi connectivity index (χ4n) is 1.75. The molecule has 2 aromatic rings. The molecule has 0 radical (unpaired) electrons. The Balaban J connectivity index is 1.97. The van der Waals surface area contributed by atoms with Gasteiger partial charge in [-0.2, -0.15) is 0 Å². The van der Waals surface area contributed by atoms with Gasteiger partial charge >= 0.3 is 0 Å². The predicted molar refractivity (Wildman–Crippen MR) is 82.8 cm³/mol. The molecule has 2 N–H and O–H groups in total. The van der Waals surface area contributed by atoms with Crippen molar-refractivity contribution in [3.8, 4) is 0 Å². The summed E-state index contributed by atoms with van der Waals surface area (Å²) in [5, 5.41) is 11.8. The Bertz CT molecular complexity index is 572. The average Bonchev–Trinajstić information content (AvgIpc) is 2.48. The molecule has 2 rings (SSSR count). The highest BCUT2D eigenvalue weighted by molar-refractivity contribution is 8.00. The second-order valence-corrected chi connectivity index (χ2v) is 5.84. The first-order valence-electron chi connectivity index (χ1n) is 6.41. The predicted octanol–water partition coefficient (Wildman–Crippen LogP) is 3.30. The average molecular weight is 287 g/mol. The van der Waals surface area contributed by atoms with Gasteiger partial charge in [0.25, 0.3) is 0 Å². The minimum Gasteiger partial charge on any atom is -0.392 e. The number of amides is 1. The third kappa shape index (κ3) is 4.11. The van der Waals surface area contributed by atoms with Crippen LogP contribution in [0.15, 0.2) is 59.5 Å². The zero-order valence-electron chi connectivity index (χ0n) is 11.2. The Morgan fingerprint density at radius 2 is 1.95 bits per heavy atom. The number of aliphatic hydroxyl groups excluding tert-OH is 1. The Kier molecular flexibility index (Phi) is 5.21. The molecule has 104 valence electrons. The maximum atomic E-state index is 12.1. The normalized spacial score (nSPS) is 11.9. The summed E-state index contributed by atoms with van der Waals surface area (Å²) in [5.74, 6) is -0.0473. The minimum absolute atomic E-state index is 0.0297. The summed E-state index contributed by atoms with van der Waals surface area (Å²) in [6, 6.07) is 17.1. The fourth-order valence-corrected chi connectivity index (χ4v) is 2.64. The van der Waals surface area contributed by atoms with E-state index in [0.29, 0.717) is 5.69 Å². The second kappa shape index (κ2) is 7.12. The Morgan fingerprint density at radius 3 is 2.65 bits per heavy atom. The number of nitrogens with one attached hydrogen (secondary N) is 1. The molecule has 0 aliphatic rings. The van der Waals surface area contributed by atoms with Gasteiger partial charge in [-0.15, -0.1) is 11.8 Å². The van der Waals surface area contributed by atoms with Crippen molar-refractivity contribution in [2.24, 2.45) is 0 Å². The first-order chi connectivity index (χ1) is 9.69. The molecule has 0 fully saturated rings. The molecule has 2 aromatic carbocycles. The van der Waals surface area contributed by atoms with E-state index < -0.39 is 0 Å².